The maximum Gasteiger partial charge on any atom is 0.225 e. The van der Waals surface area contributed by atoms with Crippen molar-refractivity contribution in [1.29, 1.82) is 0 Å². The minimum absolute atomic E-state index is 0.126. The zero-order valence-electron chi connectivity index (χ0n) is 18.2. The lowest BCUT2D eigenvalue weighted by molar-refractivity contribution is -0.117. The number of amides is 2. The van der Waals surface area contributed by atoms with Crippen molar-refractivity contribution in [2.45, 2.75) is 56.7 Å². The van der Waals surface area contributed by atoms with E-state index in [9.17, 15) is 9.59 Å². The van der Waals surface area contributed by atoms with Crippen LogP contribution in [0.1, 0.15) is 51.2 Å². The molecule has 0 radical (unpaired) electrons. The van der Waals surface area contributed by atoms with Crippen molar-refractivity contribution < 1.29 is 14.1 Å². The van der Waals surface area contributed by atoms with Gasteiger partial charge in [0.1, 0.15) is 5.76 Å². The Balaban J connectivity index is 1.42. The Labute approximate surface area is 195 Å². The fourth-order valence-electron chi connectivity index (χ4n) is 2.80. The van der Waals surface area contributed by atoms with Gasteiger partial charge >= 0.3 is 0 Å². The highest BCUT2D eigenvalue weighted by Crippen LogP contribution is 2.31. The Kier molecular flexibility index (Phi) is 9.13. The van der Waals surface area contributed by atoms with Crippen molar-refractivity contribution >= 4 is 56.6 Å². The van der Waals surface area contributed by atoms with Crippen LogP contribution >= 0.6 is 23.1 Å². The molecule has 7 nitrogen and oxygen atoms in total. The molecule has 0 saturated heterocycles. The van der Waals surface area contributed by atoms with E-state index in [2.05, 4.69) is 39.5 Å². The third-order valence-electron chi connectivity index (χ3n) is 4.31. The number of benzene rings is 1. The number of thiazole rings is 1. The van der Waals surface area contributed by atoms with Crippen molar-refractivity contribution in [2.24, 2.45) is 0 Å². The average molecular weight is 471 g/mol. The van der Waals surface area contributed by atoms with Crippen LogP contribution in [0.2, 0.25) is 0 Å². The number of nitrogens with one attached hydrogen (secondary N) is 2. The third kappa shape index (κ3) is 7.70. The second-order valence-corrected chi connectivity index (χ2v) is 9.51. The monoisotopic (exact) mass is 470 g/mol. The van der Waals surface area contributed by atoms with Crippen LogP contribution in [0.25, 0.3) is 10.2 Å². The molecular formula is C23H26N4O3S2. The number of hydrogen-bond acceptors (Lipinski definition) is 7. The zero-order valence-corrected chi connectivity index (χ0v) is 19.8. The molecule has 0 aliphatic rings. The predicted molar refractivity (Wildman–Crippen MR) is 130 cm³/mol. The number of hydrogen-bond donors (Lipinski definition) is 2. The molecule has 0 spiro atoms. The number of thioether (sulfide) groups is 1. The first-order chi connectivity index (χ1) is 15.5. The van der Waals surface area contributed by atoms with Crippen molar-refractivity contribution in [1.82, 2.24) is 10.1 Å². The van der Waals surface area contributed by atoms with Crippen LogP contribution in [0, 0.1) is 18.8 Å². The lowest BCUT2D eigenvalue weighted by atomic mass is 10.2. The average Bonchev–Trinajstić information content (AvgIpc) is 3.35. The SMILES string of the molecule is CCCC#CCCSc1nc2ccc(NC(=O)CCCC(=O)Nc3cc(C)on3)cc2s1. The molecule has 9 heteroatoms. The van der Waals surface area contributed by atoms with E-state index in [0.717, 1.165) is 45.3 Å². The number of nitrogens with zero attached hydrogens (tertiary/aromatic N) is 2. The second kappa shape index (κ2) is 12.3. The molecule has 32 heavy (non-hydrogen) atoms. The minimum atomic E-state index is -0.196. The summed E-state index contributed by atoms with van der Waals surface area (Å²) in [4.78, 5) is 28.8. The van der Waals surface area contributed by atoms with Gasteiger partial charge in [0.25, 0.3) is 0 Å². The molecule has 0 aliphatic carbocycles. The summed E-state index contributed by atoms with van der Waals surface area (Å²) in [5.41, 5.74) is 1.66. The summed E-state index contributed by atoms with van der Waals surface area (Å²) in [6, 6.07) is 7.35. The normalized spacial score (nSPS) is 10.6. The lowest BCUT2D eigenvalue weighted by Crippen LogP contribution is -2.15. The van der Waals surface area contributed by atoms with E-state index in [4.69, 9.17) is 4.52 Å². The number of rotatable bonds is 10. The molecule has 3 rings (SSSR count). The van der Waals surface area contributed by atoms with Crippen molar-refractivity contribution in [3.8, 4) is 11.8 Å². The molecule has 2 N–H and O–H groups in total. The van der Waals surface area contributed by atoms with Crippen LogP contribution in [0.4, 0.5) is 11.5 Å². The van der Waals surface area contributed by atoms with Gasteiger partial charge in [-0.1, -0.05) is 23.8 Å². The first-order valence-corrected chi connectivity index (χ1v) is 12.4. The summed E-state index contributed by atoms with van der Waals surface area (Å²) in [6.07, 6.45) is 3.84. The first kappa shape index (κ1) is 23.8. The number of aryl methyl sites for hydroxylation is 1. The number of unbranched alkanes of at least 4 members (excludes halogenated alkanes) is 1. The summed E-state index contributed by atoms with van der Waals surface area (Å²) in [5, 5.41) is 9.26. The van der Waals surface area contributed by atoms with Gasteiger partial charge in [-0.2, -0.15) is 0 Å². The minimum Gasteiger partial charge on any atom is -0.360 e. The highest BCUT2D eigenvalue weighted by molar-refractivity contribution is 8.01. The summed E-state index contributed by atoms with van der Waals surface area (Å²) in [6.45, 7) is 3.88. The predicted octanol–water partition coefficient (Wildman–Crippen LogP) is 5.63. The van der Waals surface area contributed by atoms with E-state index < -0.39 is 0 Å². The third-order valence-corrected chi connectivity index (χ3v) is 6.47. The van der Waals surface area contributed by atoms with Crippen LogP contribution in [-0.4, -0.2) is 27.7 Å². The Hall–Kier alpha value is -2.83. The van der Waals surface area contributed by atoms with Gasteiger partial charge in [0.15, 0.2) is 10.2 Å². The zero-order chi connectivity index (χ0) is 22.8. The number of anilines is 2. The molecule has 2 heterocycles. The largest absolute Gasteiger partial charge is 0.360 e. The van der Waals surface area contributed by atoms with Crippen LogP contribution in [-0.2, 0) is 9.59 Å². The van der Waals surface area contributed by atoms with E-state index in [-0.39, 0.29) is 24.7 Å². The fraction of sp³-hybridized carbons (Fsp3) is 0.391. The Morgan fingerprint density at radius 3 is 2.66 bits per heavy atom. The van der Waals surface area contributed by atoms with Crippen LogP contribution in [0.5, 0.6) is 0 Å². The molecule has 0 saturated carbocycles. The van der Waals surface area contributed by atoms with Gasteiger partial charge in [0.2, 0.25) is 11.8 Å². The lowest BCUT2D eigenvalue weighted by Gasteiger charge is -2.05. The van der Waals surface area contributed by atoms with Crippen molar-refractivity contribution in [3.63, 3.8) is 0 Å². The maximum atomic E-state index is 12.2. The van der Waals surface area contributed by atoms with Gasteiger partial charge < -0.3 is 15.2 Å². The molecule has 1 aromatic carbocycles. The molecule has 168 valence electrons. The van der Waals surface area contributed by atoms with Gasteiger partial charge in [-0.3, -0.25) is 9.59 Å². The molecule has 0 aliphatic heterocycles. The quantitative estimate of drug-likeness (QED) is 0.227. The van der Waals surface area contributed by atoms with E-state index in [0.29, 0.717) is 18.0 Å². The fourth-order valence-corrected chi connectivity index (χ4v) is 4.83. The van der Waals surface area contributed by atoms with E-state index in [1.807, 2.05) is 18.2 Å². The molecule has 3 aromatic rings. The maximum absolute atomic E-state index is 12.2. The number of carbonyl (C=O) groups excluding carboxylic acids is 2. The number of fused-ring (bicyclic) bond motifs is 1. The molecule has 0 bridgehead atoms. The number of aromatic nitrogens is 2. The van der Waals surface area contributed by atoms with E-state index in [1.54, 1.807) is 36.1 Å². The van der Waals surface area contributed by atoms with Gasteiger partial charge in [0, 0.05) is 43.2 Å². The van der Waals surface area contributed by atoms with Crippen LogP contribution in [0.15, 0.2) is 33.1 Å². The molecular weight excluding hydrogens is 444 g/mol. The van der Waals surface area contributed by atoms with Gasteiger partial charge in [-0.15, -0.1) is 23.2 Å². The Bertz CT molecular complexity index is 1130. The summed E-state index contributed by atoms with van der Waals surface area (Å²) in [5.74, 6) is 7.95. The van der Waals surface area contributed by atoms with Crippen molar-refractivity contribution in [3.05, 3.63) is 30.0 Å². The highest BCUT2D eigenvalue weighted by atomic mass is 32.2. The molecule has 0 atom stereocenters. The van der Waals surface area contributed by atoms with Crippen LogP contribution in [0.3, 0.4) is 0 Å². The van der Waals surface area contributed by atoms with Gasteiger partial charge in [0.05, 0.1) is 10.2 Å². The Morgan fingerprint density at radius 1 is 1.12 bits per heavy atom. The summed E-state index contributed by atoms with van der Waals surface area (Å²) < 4.78 is 6.95. The Morgan fingerprint density at radius 2 is 1.91 bits per heavy atom. The van der Waals surface area contributed by atoms with E-state index in [1.165, 1.54) is 0 Å². The van der Waals surface area contributed by atoms with Crippen molar-refractivity contribution in [2.75, 3.05) is 16.4 Å². The van der Waals surface area contributed by atoms with E-state index >= 15 is 0 Å². The smallest absolute Gasteiger partial charge is 0.225 e. The first-order valence-electron chi connectivity index (χ1n) is 10.6. The van der Waals surface area contributed by atoms with Gasteiger partial charge in [-0.25, -0.2) is 4.98 Å². The van der Waals surface area contributed by atoms with Crippen LogP contribution < -0.4 is 10.6 Å². The standard InChI is InChI=1S/C23H26N4O3S2/c1-3-4-5-6-7-13-31-23-25-18-12-11-17(15-19(18)32-23)24-21(28)9-8-10-22(29)26-20-14-16(2)30-27-20/h11-12,14-15H,3-4,7-10,13H2,1-2H3,(H,24,28)(H,26,27,29). The van der Waals surface area contributed by atoms with Gasteiger partial charge in [-0.05, 0) is 38.0 Å². The summed E-state index contributed by atoms with van der Waals surface area (Å²) >= 11 is 3.33. The molecule has 2 aromatic heterocycles. The second-order valence-electron chi connectivity index (χ2n) is 7.14. The highest BCUT2D eigenvalue weighted by Gasteiger charge is 2.10. The number of carbonyl (C=O) groups is 2. The molecule has 2 amide bonds. The topological polar surface area (TPSA) is 97.1 Å². The molecule has 0 unspecified atom stereocenters. The summed E-state index contributed by atoms with van der Waals surface area (Å²) in [7, 11) is 0. The molecule has 0 fully saturated rings.